The Kier molecular flexibility index (Phi) is 7.82. The number of carbonyl (C=O) groups excluding carboxylic acids is 1. The number of hydrogen-bond acceptors (Lipinski definition) is 3. The molecule has 0 aliphatic rings. The molecule has 0 heterocycles. The number of halogens is 2. The molecule has 0 aromatic heterocycles. The Balaban J connectivity index is 1.82. The average Bonchev–Trinajstić information content (AvgIpc) is 2.75. The van der Waals surface area contributed by atoms with Gasteiger partial charge in [0.1, 0.15) is 5.82 Å². The van der Waals surface area contributed by atoms with Gasteiger partial charge in [-0.2, -0.15) is 4.31 Å². The zero-order chi connectivity index (χ0) is 23.3. The Bertz CT molecular complexity index is 1170. The van der Waals surface area contributed by atoms with Crippen molar-refractivity contribution in [3.8, 4) is 0 Å². The molecule has 5 nitrogen and oxygen atoms in total. The fourth-order valence-electron chi connectivity index (χ4n) is 3.16. The Labute approximate surface area is 196 Å². The van der Waals surface area contributed by atoms with Gasteiger partial charge in [-0.1, -0.05) is 57.9 Å². The van der Waals surface area contributed by atoms with Crippen LogP contribution in [-0.2, 0) is 21.4 Å². The molecular weight excluding hydrogens is 495 g/mol. The van der Waals surface area contributed by atoms with Crippen LogP contribution in [0.3, 0.4) is 0 Å². The van der Waals surface area contributed by atoms with Crippen molar-refractivity contribution in [1.29, 1.82) is 0 Å². The molecule has 3 aromatic carbocycles. The molecule has 0 unspecified atom stereocenters. The smallest absolute Gasteiger partial charge is 0.243 e. The second kappa shape index (κ2) is 10.4. The van der Waals surface area contributed by atoms with E-state index in [0.29, 0.717) is 0 Å². The molecule has 0 saturated heterocycles. The standard InChI is InChI=1S/C24H24BrFN2O3S/c1-17-3-5-19(6-4-17)15-28(32(30,31)23-13-9-21(25)10-14-23)16-24(29)27-18(2)20-7-11-22(26)12-8-20/h3-14,18H,15-16H2,1-2H3,(H,27,29)/t18-/m0/s1. The van der Waals surface area contributed by atoms with E-state index in [0.717, 1.165) is 25.5 Å². The van der Waals surface area contributed by atoms with Crippen LogP contribution in [0.15, 0.2) is 82.2 Å². The maximum atomic E-state index is 13.3. The summed E-state index contributed by atoms with van der Waals surface area (Å²) in [5.41, 5.74) is 2.55. The SMILES string of the molecule is Cc1ccc(CN(CC(=O)N[C@@H](C)c2ccc(F)cc2)S(=O)(=O)c2ccc(Br)cc2)cc1. The third-order valence-electron chi connectivity index (χ3n) is 5.00. The van der Waals surface area contributed by atoms with E-state index in [9.17, 15) is 17.6 Å². The summed E-state index contributed by atoms with van der Waals surface area (Å²) in [4.78, 5) is 12.9. The number of nitrogens with one attached hydrogen (secondary N) is 1. The van der Waals surface area contributed by atoms with Gasteiger partial charge in [0.05, 0.1) is 17.5 Å². The van der Waals surface area contributed by atoms with Crippen LogP contribution in [0.1, 0.15) is 29.7 Å². The Morgan fingerprint density at radius 1 is 1.00 bits per heavy atom. The topological polar surface area (TPSA) is 66.5 Å². The Hall–Kier alpha value is -2.55. The summed E-state index contributed by atoms with van der Waals surface area (Å²) in [7, 11) is -3.93. The molecule has 3 rings (SSSR count). The summed E-state index contributed by atoms with van der Waals surface area (Å²) in [5, 5.41) is 2.80. The van der Waals surface area contributed by atoms with Crippen LogP contribution < -0.4 is 5.32 Å². The summed E-state index contributed by atoms with van der Waals surface area (Å²) >= 11 is 3.31. The third kappa shape index (κ3) is 6.25. The van der Waals surface area contributed by atoms with Crippen molar-refractivity contribution >= 4 is 31.9 Å². The van der Waals surface area contributed by atoms with Crippen molar-refractivity contribution in [2.24, 2.45) is 0 Å². The summed E-state index contributed by atoms with van der Waals surface area (Å²) < 4.78 is 41.8. The van der Waals surface area contributed by atoms with Crippen molar-refractivity contribution < 1.29 is 17.6 Å². The minimum absolute atomic E-state index is 0.0526. The lowest BCUT2D eigenvalue weighted by Crippen LogP contribution is -2.41. The Morgan fingerprint density at radius 2 is 1.59 bits per heavy atom. The van der Waals surface area contributed by atoms with E-state index in [-0.39, 0.29) is 23.8 Å². The van der Waals surface area contributed by atoms with Gasteiger partial charge in [-0.3, -0.25) is 4.79 Å². The maximum absolute atomic E-state index is 13.3. The maximum Gasteiger partial charge on any atom is 0.243 e. The van der Waals surface area contributed by atoms with Crippen LogP contribution in [-0.4, -0.2) is 25.2 Å². The molecule has 0 aliphatic carbocycles. The van der Waals surface area contributed by atoms with E-state index in [1.807, 2.05) is 31.2 Å². The summed E-state index contributed by atoms with van der Waals surface area (Å²) in [6.45, 7) is 3.41. The van der Waals surface area contributed by atoms with Gasteiger partial charge in [-0.05, 0) is 61.4 Å². The predicted molar refractivity (Wildman–Crippen MR) is 126 cm³/mol. The first-order valence-corrected chi connectivity index (χ1v) is 12.2. The molecule has 3 aromatic rings. The number of carbonyl (C=O) groups is 1. The molecule has 0 saturated carbocycles. The van der Waals surface area contributed by atoms with Crippen molar-refractivity contribution in [2.75, 3.05) is 6.54 Å². The van der Waals surface area contributed by atoms with Crippen molar-refractivity contribution in [3.63, 3.8) is 0 Å². The first-order chi connectivity index (χ1) is 15.1. The molecule has 32 heavy (non-hydrogen) atoms. The minimum atomic E-state index is -3.93. The number of hydrogen-bond donors (Lipinski definition) is 1. The van der Waals surface area contributed by atoms with Crippen molar-refractivity contribution in [1.82, 2.24) is 9.62 Å². The van der Waals surface area contributed by atoms with Crippen molar-refractivity contribution in [3.05, 3.63) is 99.8 Å². The second-order valence-corrected chi connectivity index (χ2v) is 10.4. The zero-order valence-electron chi connectivity index (χ0n) is 17.8. The molecule has 0 radical (unpaired) electrons. The number of nitrogens with zero attached hydrogens (tertiary/aromatic N) is 1. The minimum Gasteiger partial charge on any atom is -0.348 e. The molecule has 0 fully saturated rings. The van der Waals surface area contributed by atoms with Crippen LogP contribution in [0.5, 0.6) is 0 Å². The van der Waals surface area contributed by atoms with E-state index in [1.165, 1.54) is 24.3 Å². The number of rotatable bonds is 8. The zero-order valence-corrected chi connectivity index (χ0v) is 20.2. The molecule has 0 aliphatic heterocycles. The Morgan fingerprint density at radius 3 is 2.19 bits per heavy atom. The molecule has 0 bridgehead atoms. The molecule has 0 spiro atoms. The number of sulfonamides is 1. The highest BCUT2D eigenvalue weighted by Crippen LogP contribution is 2.21. The molecule has 8 heteroatoms. The first-order valence-electron chi connectivity index (χ1n) is 10.0. The summed E-state index contributed by atoms with van der Waals surface area (Å²) in [6.07, 6.45) is 0. The lowest BCUT2D eigenvalue weighted by Gasteiger charge is -2.23. The lowest BCUT2D eigenvalue weighted by atomic mass is 10.1. The van der Waals surface area contributed by atoms with E-state index in [2.05, 4.69) is 21.2 Å². The summed E-state index contributed by atoms with van der Waals surface area (Å²) in [6, 6.07) is 19.2. The highest BCUT2D eigenvalue weighted by atomic mass is 79.9. The molecular formula is C24H24BrFN2O3S. The number of aryl methyl sites for hydroxylation is 1. The van der Waals surface area contributed by atoms with Crippen LogP contribution in [0.25, 0.3) is 0 Å². The lowest BCUT2D eigenvalue weighted by molar-refractivity contribution is -0.122. The van der Waals surface area contributed by atoms with Crippen LogP contribution in [0.2, 0.25) is 0 Å². The van der Waals surface area contributed by atoms with E-state index < -0.39 is 22.0 Å². The van der Waals surface area contributed by atoms with E-state index in [1.54, 1.807) is 31.2 Å². The van der Waals surface area contributed by atoms with Crippen LogP contribution in [0, 0.1) is 12.7 Å². The highest BCUT2D eigenvalue weighted by molar-refractivity contribution is 9.10. The fraction of sp³-hybridized carbons (Fsp3) is 0.208. The largest absolute Gasteiger partial charge is 0.348 e. The van der Waals surface area contributed by atoms with Gasteiger partial charge < -0.3 is 5.32 Å². The van der Waals surface area contributed by atoms with Gasteiger partial charge in [0.25, 0.3) is 0 Å². The van der Waals surface area contributed by atoms with Gasteiger partial charge in [0.15, 0.2) is 0 Å². The summed E-state index contributed by atoms with van der Waals surface area (Å²) in [5.74, 6) is -0.813. The molecule has 168 valence electrons. The second-order valence-electron chi connectivity index (χ2n) is 7.55. The predicted octanol–water partition coefficient (Wildman–Crippen LogP) is 4.96. The van der Waals surface area contributed by atoms with E-state index >= 15 is 0 Å². The van der Waals surface area contributed by atoms with Crippen molar-refractivity contribution in [2.45, 2.75) is 31.3 Å². The quantitative estimate of drug-likeness (QED) is 0.458. The average molecular weight is 519 g/mol. The normalized spacial score (nSPS) is 12.5. The third-order valence-corrected chi connectivity index (χ3v) is 7.33. The van der Waals surface area contributed by atoms with Gasteiger partial charge in [0.2, 0.25) is 15.9 Å². The van der Waals surface area contributed by atoms with Gasteiger partial charge in [-0.25, -0.2) is 12.8 Å². The molecule has 1 amide bonds. The number of amides is 1. The number of benzene rings is 3. The fourth-order valence-corrected chi connectivity index (χ4v) is 4.81. The first kappa shape index (κ1) is 24.1. The molecule has 1 atom stereocenters. The van der Waals surface area contributed by atoms with Crippen LogP contribution >= 0.6 is 15.9 Å². The highest BCUT2D eigenvalue weighted by Gasteiger charge is 2.27. The van der Waals surface area contributed by atoms with E-state index in [4.69, 9.17) is 0 Å². The van der Waals surface area contributed by atoms with Gasteiger partial charge in [-0.15, -0.1) is 0 Å². The van der Waals surface area contributed by atoms with Gasteiger partial charge >= 0.3 is 0 Å². The monoisotopic (exact) mass is 518 g/mol. The molecule has 1 N–H and O–H groups in total. The van der Waals surface area contributed by atoms with Crippen LogP contribution in [0.4, 0.5) is 4.39 Å². The van der Waals surface area contributed by atoms with Gasteiger partial charge in [0, 0.05) is 11.0 Å².